The van der Waals surface area contributed by atoms with Gasteiger partial charge in [0.25, 0.3) is 0 Å². The monoisotopic (exact) mass is 300 g/mol. The van der Waals surface area contributed by atoms with Crippen molar-refractivity contribution in [3.8, 4) is 0 Å². The van der Waals surface area contributed by atoms with Crippen molar-refractivity contribution in [2.24, 2.45) is 0 Å². The minimum Gasteiger partial charge on any atom is -0.380 e. The zero-order valence-corrected chi connectivity index (χ0v) is 11.6. The van der Waals surface area contributed by atoms with Crippen molar-refractivity contribution in [3.05, 3.63) is 28.2 Å². The van der Waals surface area contributed by atoms with Crippen LogP contribution in [0.4, 0.5) is 5.69 Å². The van der Waals surface area contributed by atoms with Crippen LogP contribution in [-0.2, 0) is 16.1 Å². The summed E-state index contributed by atoms with van der Waals surface area (Å²) < 4.78 is 6.05. The van der Waals surface area contributed by atoms with Crippen molar-refractivity contribution in [1.29, 1.82) is 0 Å². The van der Waals surface area contributed by atoms with Crippen LogP contribution in [0.2, 0.25) is 0 Å². The lowest BCUT2D eigenvalue weighted by Crippen LogP contribution is -2.28. The fourth-order valence-electron chi connectivity index (χ4n) is 1.40. The van der Waals surface area contributed by atoms with E-state index >= 15 is 0 Å². The molecule has 94 valence electrons. The predicted molar refractivity (Wildman–Crippen MR) is 72.0 cm³/mol. The molecule has 0 heterocycles. The molecule has 0 saturated heterocycles. The zero-order valence-electron chi connectivity index (χ0n) is 10.0. The number of likely N-dealkylation sites (N-methyl/N-ethyl adjacent to an activating group) is 1. The lowest BCUT2D eigenvalue weighted by Gasteiger charge is -2.12. The van der Waals surface area contributed by atoms with Crippen molar-refractivity contribution in [1.82, 2.24) is 5.32 Å². The molecule has 1 rings (SSSR count). The topological polar surface area (TPSA) is 50.4 Å². The van der Waals surface area contributed by atoms with Crippen LogP contribution in [0, 0.1) is 0 Å². The van der Waals surface area contributed by atoms with Crippen LogP contribution in [0.1, 0.15) is 12.5 Å². The van der Waals surface area contributed by atoms with E-state index in [0.717, 1.165) is 22.3 Å². The molecule has 0 aromatic heterocycles. The minimum atomic E-state index is -0.0534. The predicted octanol–water partition coefficient (Wildman–Crippen LogP) is 2.14. The lowest BCUT2D eigenvalue weighted by atomic mass is 10.2. The van der Waals surface area contributed by atoms with Crippen LogP contribution in [0.5, 0.6) is 0 Å². The fraction of sp³-hybridized carbons (Fsp3) is 0.417. The third-order valence-electron chi connectivity index (χ3n) is 2.22. The van der Waals surface area contributed by atoms with Crippen LogP contribution >= 0.6 is 15.9 Å². The largest absolute Gasteiger partial charge is 0.380 e. The number of benzene rings is 1. The van der Waals surface area contributed by atoms with Gasteiger partial charge in [-0.1, -0.05) is 28.9 Å². The second-order valence-corrected chi connectivity index (χ2v) is 4.38. The first-order valence-corrected chi connectivity index (χ1v) is 6.25. The number of hydrogen-bond acceptors (Lipinski definition) is 3. The summed E-state index contributed by atoms with van der Waals surface area (Å²) in [6, 6.07) is 5.67. The number of amides is 1. The molecule has 0 atom stereocenters. The molecule has 2 N–H and O–H groups in total. The van der Waals surface area contributed by atoms with Crippen LogP contribution in [0.25, 0.3) is 0 Å². The Kier molecular flexibility index (Phi) is 6.18. The van der Waals surface area contributed by atoms with E-state index in [1.165, 1.54) is 0 Å². The van der Waals surface area contributed by atoms with Gasteiger partial charge in [-0.2, -0.15) is 0 Å². The third kappa shape index (κ3) is 4.46. The molecule has 0 radical (unpaired) electrons. The van der Waals surface area contributed by atoms with Crippen molar-refractivity contribution < 1.29 is 9.53 Å². The summed E-state index contributed by atoms with van der Waals surface area (Å²) >= 11 is 3.44. The van der Waals surface area contributed by atoms with Gasteiger partial charge in [-0.15, -0.1) is 0 Å². The average molecular weight is 301 g/mol. The van der Waals surface area contributed by atoms with E-state index in [4.69, 9.17) is 4.74 Å². The first kappa shape index (κ1) is 14.2. The molecule has 0 aliphatic rings. The Morgan fingerprint density at radius 3 is 2.88 bits per heavy atom. The molecule has 1 aromatic carbocycles. The van der Waals surface area contributed by atoms with Gasteiger partial charge in [-0.05, 0) is 18.7 Å². The molecule has 17 heavy (non-hydrogen) atoms. The molecule has 0 spiro atoms. The summed E-state index contributed by atoms with van der Waals surface area (Å²) in [5, 5.41) is 5.84. The Hall–Kier alpha value is -0.910. The number of ether oxygens (including phenoxy) is 1. The first-order valence-electron chi connectivity index (χ1n) is 5.46. The van der Waals surface area contributed by atoms with E-state index in [9.17, 15) is 4.79 Å². The van der Waals surface area contributed by atoms with Crippen LogP contribution < -0.4 is 10.6 Å². The molecule has 0 aliphatic heterocycles. The van der Waals surface area contributed by atoms with E-state index in [0.29, 0.717) is 13.2 Å². The van der Waals surface area contributed by atoms with Gasteiger partial charge in [-0.25, -0.2) is 0 Å². The minimum absolute atomic E-state index is 0.0534. The van der Waals surface area contributed by atoms with Gasteiger partial charge in [0.2, 0.25) is 5.91 Å². The Balaban J connectivity index is 2.75. The van der Waals surface area contributed by atoms with Gasteiger partial charge in [-0.3, -0.25) is 4.79 Å². The van der Waals surface area contributed by atoms with Crippen LogP contribution in [0.3, 0.4) is 0 Å². The van der Waals surface area contributed by atoms with Crippen LogP contribution in [0.15, 0.2) is 22.7 Å². The van der Waals surface area contributed by atoms with E-state index in [1.54, 1.807) is 7.11 Å². The molecule has 1 amide bonds. The normalized spacial score (nSPS) is 10.3. The second-order valence-electron chi connectivity index (χ2n) is 3.53. The number of anilines is 1. The maximum Gasteiger partial charge on any atom is 0.238 e. The first-order chi connectivity index (χ1) is 8.19. The lowest BCUT2D eigenvalue weighted by molar-refractivity contribution is -0.115. The maximum absolute atomic E-state index is 11.6. The summed E-state index contributed by atoms with van der Waals surface area (Å²) in [5.74, 6) is -0.0534. The van der Waals surface area contributed by atoms with Crippen molar-refractivity contribution in [3.63, 3.8) is 0 Å². The zero-order chi connectivity index (χ0) is 12.7. The number of nitrogens with one attached hydrogen (secondary N) is 2. The van der Waals surface area contributed by atoms with Crippen molar-refractivity contribution in [2.75, 3.05) is 25.5 Å². The van der Waals surface area contributed by atoms with Crippen molar-refractivity contribution in [2.45, 2.75) is 13.5 Å². The van der Waals surface area contributed by atoms with Gasteiger partial charge in [0.1, 0.15) is 0 Å². The summed E-state index contributed by atoms with van der Waals surface area (Å²) in [7, 11) is 1.63. The van der Waals surface area contributed by atoms with E-state index < -0.39 is 0 Å². The maximum atomic E-state index is 11.6. The molecule has 4 nitrogen and oxygen atoms in total. The SMILES string of the molecule is CCNCC(=O)Nc1cccc(Br)c1COC. The van der Waals surface area contributed by atoms with Gasteiger partial charge < -0.3 is 15.4 Å². The number of halogens is 1. The van der Waals surface area contributed by atoms with E-state index in [1.807, 2.05) is 25.1 Å². The summed E-state index contributed by atoms with van der Waals surface area (Å²) in [4.78, 5) is 11.6. The number of carbonyl (C=O) groups is 1. The molecular weight excluding hydrogens is 284 g/mol. The molecule has 0 unspecified atom stereocenters. The molecule has 0 bridgehead atoms. The van der Waals surface area contributed by atoms with Gasteiger partial charge >= 0.3 is 0 Å². The highest BCUT2D eigenvalue weighted by atomic mass is 79.9. The Morgan fingerprint density at radius 1 is 1.47 bits per heavy atom. The highest BCUT2D eigenvalue weighted by Crippen LogP contribution is 2.25. The third-order valence-corrected chi connectivity index (χ3v) is 2.96. The smallest absolute Gasteiger partial charge is 0.238 e. The van der Waals surface area contributed by atoms with Gasteiger partial charge in [0, 0.05) is 22.8 Å². The van der Waals surface area contributed by atoms with Crippen molar-refractivity contribution >= 4 is 27.5 Å². The number of methoxy groups -OCH3 is 1. The van der Waals surface area contributed by atoms with Crippen LogP contribution in [-0.4, -0.2) is 26.1 Å². The summed E-state index contributed by atoms with van der Waals surface area (Å²) in [6.07, 6.45) is 0. The molecule has 0 saturated carbocycles. The molecule has 0 fully saturated rings. The standard InChI is InChI=1S/C12H17BrN2O2/c1-3-14-7-12(16)15-11-6-4-5-10(13)9(11)8-17-2/h4-6,14H,3,7-8H2,1-2H3,(H,15,16). The molecule has 1 aromatic rings. The molecule has 0 aliphatic carbocycles. The number of hydrogen-bond donors (Lipinski definition) is 2. The highest BCUT2D eigenvalue weighted by Gasteiger charge is 2.09. The molecule has 5 heteroatoms. The highest BCUT2D eigenvalue weighted by molar-refractivity contribution is 9.10. The van der Waals surface area contributed by atoms with Gasteiger partial charge in [0.05, 0.1) is 13.2 Å². The Bertz CT molecular complexity index is 383. The number of rotatable bonds is 6. The summed E-state index contributed by atoms with van der Waals surface area (Å²) in [6.45, 7) is 3.51. The Labute approximate surface area is 110 Å². The Morgan fingerprint density at radius 2 is 2.24 bits per heavy atom. The quantitative estimate of drug-likeness (QED) is 0.846. The summed E-state index contributed by atoms with van der Waals surface area (Å²) in [5.41, 5.74) is 1.73. The van der Waals surface area contributed by atoms with Gasteiger partial charge in [0.15, 0.2) is 0 Å². The van der Waals surface area contributed by atoms with E-state index in [-0.39, 0.29) is 5.91 Å². The fourth-order valence-corrected chi connectivity index (χ4v) is 1.88. The average Bonchev–Trinajstić information content (AvgIpc) is 2.31. The second kappa shape index (κ2) is 7.42. The molecular formula is C12H17BrN2O2. The number of carbonyl (C=O) groups excluding carboxylic acids is 1. The van der Waals surface area contributed by atoms with E-state index in [2.05, 4.69) is 26.6 Å².